The molecule has 0 radical (unpaired) electrons. The molecule has 2 aliphatic rings. The highest BCUT2D eigenvalue weighted by molar-refractivity contribution is 6.52. The summed E-state index contributed by atoms with van der Waals surface area (Å²) in [6, 6.07) is 6.25. The van der Waals surface area contributed by atoms with Crippen molar-refractivity contribution in [3.63, 3.8) is 0 Å². The molecule has 1 aliphatic carbocycles. The summed E-state index contributed by atoms with van der Waals surface area (Å²) >= 11 is 0. The Balaban J connectivity index is 1.69. The molecule has 3 rings (SSSR count). The summed E-state index contributed by atoms with van der Waals surface area (Å²) in [5.74, 6) is 2.62. The lowest BCUT2D eigenvalue weighted by molar-refractivity contribution is 0.00578. The van der Waals surface area contributed by atoms with Crippen molar-refractivity contribution in [3.05, 3.63) is 35.6 Å². The number of nitrogens with zero attached hydrogens (tertiary/aromatic N) is 1. The van der Waals surface area contributed by atoms with Crippen molar-refractivity contribution in [2.75, 3.05) is 0 Å². The van der Waals surface area contributed by atoms with Gasteiger partial charge in [-0.05, 0) is 58.7 Å². The van der Waals surface area contributed by atoms with Gasteiger partial charge in [-0.15, -0.1) is 0 Å². The van der Waals surface area contributed by atoms with Gasteiger partial charge in [0, 0.05) is 11.6 Å². The topological polar surface area (TPSA) is 31.4 Å². The predicted octanol–water partition coefficient (Wildman–Crippen LogP) is 3.99. The van der Waals surface area contributed by atoms with Gasteiger partial charge in [0.2, 0.25) is 0 Å². The van der Waals surface area contributed by atoms with Crippen LogP contribution in [0.15, 0.2) is 24.2 Å². The van der Waals surface area contributed by atoms with E-state index in [4.69, 9.17) is 14.3 Å². The molecule has 1 aromatic heterocycles. The second kappa shape index (κ2) is 5.26. The summed E-state index contributed by atoms with van der Waals surface area (Å²) in [5, 5.41) is 0. The molecule has 3 nitrogen and oxygen atoms in total. The van der Waals surface area contributed by atoms with Crippen LogP contribution in [0, 0.1) is 0 Å². The van der Waals surface area contributed by atoms with Crippen LogP contribution in [0.1, 0.15) is 64.3 Å². The van der Waals surface area contributed by atoms with Crippen LogP contribution in [-0.4, -0.2) is 23.3 Å². The molecule has 0 unspecified atom stereocenters. The van der Waals surface area contributed by atoms with Crippen LogP contribution in [0.3, 0.4) is 0 Å². The number of pyridine rings is 1. The molecule has 2 heterocycles. The fourth-order valence-electron chi connectivity index (χ4n) is 2.64. The highest BCUT2D eigenvalue weighted by atomic mass is 16.7. The lowest BCUT2D eigenvalue weighted by Gasteiger charge is -2.32. The summed E-state index contributed by atoms with van der Waals surface area (Å²) in [6.45, 7) is 8.26. The molecule has 1 aliphatic heterocycles. The van der Waals surface area contributed by atoms with E-state index in [0.717, 1.165) is 5.69 Å². The molecule has 2 fully saturated rings. The number of hydrogen-bond acceptors (Lipinski definition) is 3. The third kappa shape index (κ3) is 2.92. The van der Waals surface area contributed by atoms with Crippen molar-refractivity contribution in [1.82, 2.24) is 4.98 Å². The van der Waals surface area contributed by atoms with E-state index in [1.54, 1.807) is 0 Å². The van der Waals surface area contributed by atoms with Gasteiger partial charge in [-0.3, -0.25) is 4.98 Å². The quantitative estimate of drug-likeness (QED) is 0.787. The van der Waals surface area contributed by atoms with Crippen LogP contribution in [-0.2, 0) is 9.31 Å². The molecular formula is C17H24BNO2. The molecule has 1 saturated heterocycles. The van der Waals surface area contributed by atoms with Crippen molar-refractivity contribution < 1.29 is 9.31 Å². The third-order valence-electron chi connectivity index (χ3n) is 5.01. The molecule has 4 heteroatoms. The molecule has 0 spiro atoms. The zero-order valence-corrected chi connectivity index (χ0v) is 13.4. The lowest BCUT2D eigenvalue weighted by atomic mass is 9.82. The average Bonchev–Trinajstić information content (AvgIpc) is 2.54. The monoisotopic (exact) mass is 285 g/mol. The van der Waals surface area contributed by atoms with E-state index in [2.05, 4.69) is 39.8 Å². The molecule has 0 bridgehead atoms. The van der Waals surface area contributed by atoms with E-state index in [-0.39, 0.29) is 18.3 Å². The first-order valence-corrected chi connectivity index (χ1v) is 7.88. The van der Waals surface area contributed by atoms with Crippen molar-refractivity contribution >= 4 is 13.2 Å². The zero-order valence-electron chi connectivity index (χ0n) is 13.4. The maximum Gasteiger partial charge on any atom is 0.487 e. The van der Waals surface area contributed by atoms with Gasteiger partial charge in [0.05, 0.1) is 16.9 Å². The van der Waals surface area contributed by atoms with Crippen LogP contribution >= 0.6 is 0 Å². The summed E-state index contributed by atoms with van der Waals surface area (Å²) in [4.78, 5) is 4.73. The van der Waals surface area contributed by atoms with E-state index in [1.165, 1.54) is 25.0 Å². The van der Waals surface area contributed by atoms with Crippen molar-refractivity contribution in [2.24, 2.45) is 0 Å². The Morgan fingerprint density at radius 1 is 1.14 bits per heavy atom. The molecule has 1 saturated carbocycles. The van der Waals surface area contributed by atoms with Gasteiger partial charge in [-0.1, -0.05) is 18.5 Å². The average molecular weight is 285 g/mol. The van der Waals surface area contributed by atoms with Gasteiger partial charge in [0.25, 0.3) is 0 Å². The number of hydrogen-bond donors (Lipinski definition) is 0. The Labute approximate surface area is 127 Å². The van der Waals surface area contributed by atoms with E-state index >= 15 is 0 Å². The largest absolute Gasteiger partial charge is 0.487 e. The van der Waals surface area contributed by atoms with Gasteiger partial charge >= 0.3 is 7.12 Å². The van der Waals surface area contributed by atoms with Gasteiger partial charge in [0.1, 0.15) is 0 Å². The first-order chi connectivity index (χ1) is 9.87. The second-order valence-electron chi connectivity index (χ2n) is 7.10. The number of aromatic nitrogens is 1. The Bertz CT molecular complexity index is 533. The van der Waals surface area contributed by atoms with Crippen LogP contribution < -0.4 is 0 Å². The SMILES string of the molecule is CC1(C)OB(/C=C/c2cccc(C3CCC3)n2)OC1(C)C. The minimum absolute atomic E-state index is 0.288. The summed E-state index contributed by atoms with van der Waals surface area (Å²) in [5.41, 5.74) is 1.62. The van der Waals surface area contributed by atoms with E-state index < -0.39 is 0 Å². The standard InChI is InChI=1S/C17H24BNO2/c1-16(2)17(3,4)21-18(20-16)12-11-14-9-6-10-15(19-14)13-7-5-8-13/h6,9-13H,5,7-8H2,1-4H3/b12-11+. The minimum atomic E-state index is -0.302. The van der Waals surface area contributed by atoms with Crippen LogP contribution in [0.25, 0.3) is 6.08 Å². The lowest BCUT2D eigenvalue weighted by Crippen LogP contribution is -2.41. The maximum atomic E-state index is 5.96. The molecule has 21 heavy (non-hydrogen) atoms. The minimum Gasteiger partial charge on any atom is -0.400 e. The molecule has 112 valence electrons. The van der Waals surface area contributed by atoms with Crippen molar-refractivity contribution in [3.8, 4) is 0 Å². The van der Waals surface area contributed by atoms with Gasteiger partial charge < -0.3 is 9.31 Å². The van der Waals surface area contributed by atoms with Gasteiger partial charge in [-0.2, -0.15) is 0 Å². The fraction of sp³-hybridized carbons (Fsp3) is 0.588. The highest BCUT2D eigenvalue weighted by Gasteiger charge is 2.50. The van der Waals surface area contributed by atoms with Gasteiger partial charge in [0.15, 0.2) is 0 Å². The Kier molecular flexibility index (Phi) is 3.70. The Morgan fingerprint density at radius 2 is 1.81 bits per heavy atom. The van der Waals surface area contributed by atoms with Gasteiger partial charge in [-0.25, -0.2) is 0 Å². The second-order valence-corrected chi connectivity index (χ2v) is 7.10. The van der Waals surface area contributed by atoms with E-state index in [9.17, 15) is 0 Å². The van der Waals surface area contributed by atoms with Crippen LogP contribution in [0.4, 0.5) is 0 Å². The number of rotatable bonds is 3. The van der Waals surface area contributed by atoms with E-state index in [0.29, 0.717) is 5.92 Å². The summed E-state index contributed by atoms with van der Waals surface area (Å²) in [7, 11) is -0.302. The summed E-state index contributed by atoms with van der Waals surface area (Å²) < 4.78 is 11.9. The molecule has 1 aromatic rings. The fourth-order valence-corrected chi connectivity index (χ4v) is 2.64. The third-order valence-corrected chi connectivity index (χ3v) is 5.01. The molecule has 0 atom stereocenters. The van der Waals surface area contributed by atoms with Crippen molar-refractivity contribution in [2.45, 2.75) is 64.1 Å². The first-order valence-electron chi connectivity index (χ1n) is 7.88. The Morgan fingerprint density at radius 3 is 2.38 bits per heavy atom. The Hall–Kier alpha value is -1.13. The van der Waals surface area contributed by atoms with Crippen LogP contribution in [0.5, 0.6) is 0 Å². The zero-order chi connectivity index (χ0) is 15.1. The molecule has 0 amide bonds. The maximum absolute atomic E-state index is 5.96. The smallest absolute Gasteiger partial charge is 0.400 e. The van der Waals surface area contributed by atoms with Crippen LogP contribution in [0.2, 0.25) is 0 Å². The molecule has 0 N–H and O–H groups in total. The van der Waals surface area contributed by atoms with E-state index in [1.807, 2.05) is 18.1 Å². The van der Waals surface area contributed by atoms with Crippen molar-refractivity contribution in [1.29, 1.82) is 0 Å². The normalized spacial score (nSPS) is 24.5. The summed E-state index contributed by atoms with van der Waals surface area (Å²) in [6.07, 6.45) is 5.89. The molecular weight excluding hydrogens is 261 g/mol. The molecule has 0 aromatic carbocycles. The first kappa shape index (κ1) is 14.8. The highest BCUT2D eigenvalue weighted by Crippen LogP contribution is 2.37. The predicted molar refractivity (Wildman–Crippen MR) is 85.9 cm³/mol.